The number of Topliss-reactive ketones (excluding diaryl/α,β-unsaturated/α-hetero) is 4. The van der Waals surface area contributed by atoms with Crippen molar-refractivity contribution in [1.82, 2.24) is 20.4 Å². The van der Waals surface area contributed by atoms with E-state index in [4.69, 9.17) is 11.2 Å². The highest BCUT2D eigenvalue weighted by atomic mass is 16.5. The highest BCUT2D eigenvalue weighted by Gasteiger charge is 2.33. The fourth-order valence-corrected chi connectivity index (χ4v) is 9.83. The molecule has 500 valence electrons. The van der Waals surface area contributed by atoms with Crippen LogP contribution in [0.4, 0.5) is 11.4 Å². The van der Waals surface area contributed by atoms with Crippen molar-refractivity contribution in [3.63, 3.8) is 0 Å². The molecule has 2 aliphatic heterocycles. The molecule has 2 aromatic carbocycles. The third-order valence-electron chi connectivity index (χ3n) is 14.9. The third-order valence-corrected chi connectivity index (χ3v) is 14.9. The lowest BCUT2D eigenvalue weighted by Crippen LogP contribution is -2.43. The van der Waals surface area contributed by atoms with E-state index in [0.29, 0.717) is 54.6 Å². The highest BCUT2D eigenvalue weighted by Crippen LogP contribution is 2.24. The van der Waals surface area contributed by atoms with Crippen molar-refractivity contribution >= 4 is 106 Å². The summed E-state index contributed by atoms with van der Waals surface area (Å²) in [6.07, 6.45) is 4.43. The second-order valence-electron chi connectivity index (χ2n) is 23.6. The van der Waals surface area contributed by atoms with Crippen molar-refractivity contribution in [3.8, 4) is 0 Å². The van der Waals surface area contributed by atoms with Crippen LogP contribution in [0, 0.1) is 35.5 Å². The Labute approximate surface area is 535 Å². The molecule has 0 saturated heterocycles. The molecule has 2 aromatic rings. The molecule has 0 spiro atoms. The van der Waals surface area contributed by atoms with Gasteiger partial charge in [-0.3, -0.25) is 86.5 Å². The number of unbranched alkanes of at least 4 members (excludes halogenated alkanes) is 2. The Hall–Kier alpha value is -9.36. The zero-order chi connectivity index (χ0) is 69.5. The fourth-order valence-electron chi connectivity index (χ4n) is 9.83. The number of nitrogens with one attached hydrogen (secondary N) is 4. The van der Waals surface area contributed by atoms with Gasteiger partial charge in [-0.05, 0) is 99.6 Å². The number of hydrogen-bond acceptors (Lipinski definition) is 18. The molecule has 6 N–H and O–H groups in total. The molecule has 0 saturated carbocycles. The number of esters is 1. The Morgan fingerprint density at radius 1 is 0.500 bits per heavy atom. The maximum Gasteiger partial charge on any atom is 0.303 e. The van der Waals surface area contributed by atoms with Crippen LogP contribution in [0.5, 0.6) is 0 Å². The zero-order valence-electron chi connectivity index (χ0n) is 54.1. The first-order chi connectivity index (χ1) is 43.8. The molecule has 0 unspecified atom stereocenters. The number of rotatable bonds is 41. The van der Waals surface area contributed by atoms with E-state index < -0.39 is 107 Å². The molecule has 4 rings (SSSR count). The molecule has 0 aliphatic carbocycles. The fraction of sp³-hybridized carbons (Fsp3) is 0.515. The Morgan fingerprint density at radius 3 is 1.27 bits per heavy atom. The number of benzene rings is 2. The molecule has 6 atom stereocenters. The van der Waals surface area contributed by atoms with Gasteiger partial charge in [0.2, 0.25) is 23.6 Å². The van der Waals surface area contributed by atoms with Crippen LogP contribution < -0.4 is 21.3 Å². The first-order valence-corrected chi connectivity index (χ1v) is 30.6. The lowest BCUT2D eigenvalue weighted by Gasteiger charge is -2.22. The van der Waals surface area contributed by atoms with E-state index >= 15 is 0 Å². The monoisotopic (exact) mass is 1280 g/mol. The number of carboxylic acid groups (broad SMARTS) is 2. The second kappa shape index (κ2) is 39.7. The molecule has 2 aliphatic rings. The molecule has 26 heteroatoms. The number of ketones is 4. The summed E-state index contributed by atoms with van der Waals surface area (Å²) in [5.41, 5.74) is 2.04. The molecule has 0 fully saturated rings. The van der Waals surface area contributed by atoms with Crippen molar-refractivity contribution in [2.24, 2.45) is 35.5 Å². The minimum atomic E-state index is -1.18. The summed E-state index contributed by atoms with van der Waals surface area (Å²) < 4.78 is 16.3. The van der Waals surface area contributed by atoms with Gasteiger partial charge in [0.1, 0.15) is 24.8 Å². The lowest BCUT2D eigenvalue weighted by atomic mass is 9.89. The number of ether oxygens (including phenoxy) is 2. The van der Waals surface area contributed by atoms with E-state index in [9.17, 15) is 81.8 Å². The maximum absolute atomic E-state index is 13.2. The van der Waals surface area contributed by atoms with E-state index in [1.54, 1.807) is 36.4 Å². The number of aliphatic carboxylic acids is 2. The molecule has 26 nitrogen and oxygen atoms in total. The topological polar surface area (TPSA) is 387 Å². The van der Waals surface area contributed by atoms with Gasteiger partial charge in [-0.15, -0.1) is 0 Å². The second-order valence-corrected chi connectivity index (χ2v) is 23.6. The van der Waals surface area contributed by atoms with Gasteiger partial charge in [-0.25, -0.2) is 0 Å². The predicted octanol–water partition coefficient (Wildman–Crippen LogP) is 5.92. The number of carboxylic acids is 2. The third kappa shape index (κ3) is 29.1. The van der Waals surface area contributed by atoms with Crippen molar-refractivity contribution in [3.05, 3.63) is 84.0 Å². The predicted molar refractivity (Wildman–Crippen MR) is 332 cm³/mol. The highest BCUT2D eigenvalue weighted by molar-refractivity contribution is 6.13. The van der Waals surface area contributed by atoms with Crippen LogP contribution in [0.3, 0.4) is 0 Å². The van der Waals surface area contributed by atoms with Crippen LogP contribution in [0.15, 0.2) is 72.8 Å². The number of imide groups is 2. The lowest BCUT2D eigenvalue weighted by molar-refractivity contribution is -0.142. The Balaban J connectivity index is 0.000000486. The van der Waals surface area contributed by atoms with Gasteiger partial charge in [0.05, 0.1) is 12.1 Å². The van der Waals surface area contributed by atoms with Crippen LogP contribution in [-0.2, 0) is 99.4 Å². The quantitative estimate of drug-likeness (QED) is 0.0195. The average molecular weight is 1280 g/mol. The van der Waals surface area contributed by atoms with E-state index in [0.717, 1.165) is 22.0 Å². The molecule has 0 bridgehead atoms. The van der Waals surface area contributed by atoms with Crippen molar-refractivity contribution < 1.29 is 97.8 Å². The average Bonchev–Trinajstić information content (AvgIpc) is 2.09. The summed E-state index contributed by atoms with van der Waals surface area (Å²) in [5.74, 6) is -11.2. The number of carbonyl (C=O) groups excluding carboxylic acids is 14. The number of nitrogens with zero attached hydrogens (tertiary/aromatic N) is 2. The first-order valence-electron chi connectivity index (χ1n) is 31.1. The van der Waals surface area contributed by atoms with E-state index in [2.05, 4.69) is 26.0 Å². The van der Waals surface area contributed by atoms with Gasteiger partial charge in [0.15, 0.2) is 12.9 Å². The molecule has 8 amide bonds. The number of anilines is 2. The Bertz CT molecular complexity index is 3070. The van der Waals surface area contributed by atoms with Gasteiger partial charge in [0.25, 0.3) is 30.1 Å². The summed E-state index contributed by atoms with van der Waals surface area (Å²) in [4.78, 5) is 197. The van der Waals surface area contributed by atoms with Crippen LogP contribution in [0.25, 0.3) is 0 Å². The molecule has 0 aromatic heterocycles. The number of hydrogen-bond donors (Lipinski definition) is 6. The minimum absolute atomic E-state index is 0.00124. The van der Waals surface area contributed by atoms with Crippen LogP contribution >= 0.6 is 0 Å². The Kier molecular flexibility index (Phi) is 32.4. The SMILES string of the molecule is CC(=O)OCc1ccc(NC(=O)[C@H](CCC(=O)O)CC(=O)[C@H](C)NC(=O)[C@H](CC(=O)CCCCCN2C(=O)C=CC2=O)CC(C)C)cc1.[2H]C(=O)OCc1ccc(NC(=O)[C@H](CCC(=O)O)CC(=O)[C@H](C)NC(=O)[C@H](CC(=O)CCN2C(=O)C=CC2=O)CC(C)C)cc1. The largest absolute Gasteiger partial charge is 0.481 e. The van der Waals surface area contributed by atoms with E-state index in [1.165, 1.54) is 45.1 Å². The van der Waals surface area contributed by atoms with Gasteiger partial charge >= 0.3 is 17.9 Å². The minimum Gasteiger partial charge on any atom is -0.481 e. The molecule has 0 radical (unpaired) electrons. The van der Waals surface area contributed by atoms with Crippen LogP contribution in [-0.4, -0.2) is 140 Å². The van der Waals surface area contributed by atoms with Gasteiger partial charge in [-0.1, -0.05) is 58.4 Å². The summed E-state index contributed by atoms with van der Waals surface area (Å²) >= 11 is 0. The molecule has 2 heterocycles. The summed E-state index contributed by atoms with van der Waals surface area (Å²) in [6, 6.07) is 10.7. The summed E-state index contributed by atoms with van der Waals surface area (Å²) in [5, 5.41) is 29.0. The van der Waals surface area contributed by atoms with E-state index in [-0.39, 0.29) is 126 Å². The van der Waals surface area contributed by atoms with Crippen molar-refractivity contribution in [2.45, 2.75) is 170 Å². The zero-order valence-corrected chi connectivity index (χ0v) is 53.1. The van der Waals surface area contributed by atoms with Crippen molar-refractivity contribution in [2.75, 3.05) is 23.7 Å². The molecular weight excluding hydrogens is 1200 g/mol. The smallest absolute Gasteiger partial charge is 0.303 e. The van der Waals surface area contributed by atoms with Crippen LogP contribution in [0.1, 0.15) is 157 Å². The van der Waals surface area contributed by atoms with Gasteiger partial charge in [-0.2, -0.15) is 0 Å². The molecule has 92 heavy (non-hydrogen) atoms. The summed E-state index contributed by atoms with van der Waals surface area (Å²) in [7, 11) is 0. The van der Waals surface area contributed by atoms with Crippen molar-refractivity contribution in [1.29, 1.82) is 0 Å². The van der Waals surface area contributed by atoms with E-state index in [1.807, 2.05) is 27.7 Å². The Morgan fingerprint density at radius 2 is 0.891 bits per heavy atom. The maximum atomic E-state index is 13.2. The van der Waals surface area contributed by atoms with Gasteiger partial charge < -0.3 is 41.0 Å². The van der Waals surface area contributed by atoms with Crippen LogP contribution in [0.2, 0.25) is 0 Å². The van der Waals surface area contributed by atoms with Gasteiger partial charge in [0, 0.05) is 131 Å². The standard InChI is InChI=1S/C35H47N3O10.C31H39N3O10/c1-22(2)18-27(19-29(40)8-6-5-7-17-38-31(42)14-15-32(38)43)35(47)36-23(3)30(41)20-26(11-16-33(44)45)34(46)37-28-12-9-25(10-13-28)21-48-24(4)39;1-19(2)14-23(15-25(36)12-13-34-27(38)9-10-28(34)39)31(43)32-20(3)26(37)16-22(6-11-29(40)41)30(42)33-24-7-4-21(5-8-24)17-44-18-35/h9-10,12-15,22-23,26-27H,5-8,11,16-21H2,1-4H3,(H,36,47)(H,37,46)(H,44,45);4-5,7-10,18-20,22-23H,6,11-17H2,1-3H3,(H,32,43)(H,33,42)(H,40,41)/t23-,26+,27-;20-,22+,23-/m00/s1/i;18D. The summed E-state index contributed by atoms with van der Waals surface area (Å²) in [6.45, 7) is 12.0. The number of carbonyl (C=O) groups is 16. The number of amides is 8. The first kappa shape index (κ1) is 75.1. The molecular formula is C66H86N6O20. The normalized spacial score (nSPS) is 14.6.